The molecule has 1 atom stereocenters. The van der Waals surface area contributed by atoms with Crippen LogP contribution in [0.4, 0.5) is 17.2 Å². The Balaban J connectivity index is 1.43. The number of hydrogen-bond acceptors (Lipinski definition) is 4. The van der Waals surface area contributed by atoms with Gasteiger partial charge in [0.25, 0.3) is 5.91 Å². The van der Waals surface area contributed by atoms with Gasteiger partial charge < -0.3 is 10.6 Å². The van der Waals surface area contributed by atoms with E-state index < -0.39 is 0 Å². The number of benzene rings is 1. The lowest BCUT2D eigenvalue weighted by molar-refractivity contribution is -0.118. The summed E-state index contributed by atoms with van der Waals surface area (Å²) in [6.07, 6.45) is 11.5. The summed E-state index contributed by atoms with van der Waals surface area (Å²) in [5.41, 5.74) is 2.65. The molecule has 1 unspecified atom stereocenters. The molecular weight excluding hydrogens is 388 g/mol. The zero-order chi connectivity index (χ0) is 21.6. The second kappa shape index (κ2) is 10.1. The van der Waals surface area contributed by atoms with E-state index in [0.717, 1.165) is 31.4 Å². The van der Waals surface area contributed by atoms with Gasteiger partial charge in [-0.05, 0) is 63.4 Å². The molecular formula is C25H32N4O2. The molecule has 31 heavy (non-hydrogen) atoms. The molecule has 6 heteroatoms. The van der Waals surface area contributed by atoms with Crippen molar-refractivity contribution in [3.63, 3.8) is 0 Å². The van der Waals surface area contributed by atoms with Crippen molar-refractivity contribution in [3.05, 3.63) is 47.7 Å². The lowest BCUT2D eigenvalue weighted by Gasteiger charge is -2.23. The number of nitrogens with zero attached hydrogens (tertiary/aromatic N) is 2. The predicted octanol–water partition coefficient (Wildman–Crippen LogP) is 5.10. The van der Waals surface area contributed by atoms with Gasteiger partial charge >= 0.3 is 0 Å². The highest BCUT2D eigenvalue weighted by molar-refractivity contribution is 6.17. The monoisotopic (exact) mass is 420 g/mol. The van der Waals surface area contributed by atoms with E-state index in [1.54, 1.807) is 23.2 Å². The molecule has 6 nitrogen and oxygen atoms in total. The smallest absolute Gasteiger partial charge is 0.257 e. The molecule has 0 saturated carbocycles. The lowest BCUT2D eigenvalue weighted by Crippen LogP contribution is -2.28. The van der Waals surface area contributed by atoms with Crippen LogP contribution in [0.5, 0.6) is 0 Å². The fourth-order valence-corrected chi connectivity index (χ4v) is 4.56. The Hall–Kier alpha value is -2.73. The van der Waals surface area contributed by atoms with Gasteiger partial charge in [0.2, 0.25) is 5.91 Å². The number of fused-ring (bicyclic) bond motifs is 2. The minimum Gasteiger partial charge on any atom is -0.319 e. The van der Waals surface area contributed by atoms with E-state index in [-0.39, 0.29) is 11.8 Å². The predicted molar refractivity (Wildman–Crippen MR) is 124 cm³/mol. The van der Waals surface area contributed by atoms with Gasteiger partial charge in [0.1, 0.15) is 0 Å². The van der Waals surface area contributed by atoms with Gasteiger partial charge in [-0.2, -0.15) is 0 Å². The molecule has 0 spiro atoms. The van der Waals surface area contributed by atoms with Crippen LogP contribution in [-0.2, 0) is 4.79 Å². The molecule has 1 aromatic carbocycles. The molecule has 3 heterocycles. The number of aryl methyl sites for hydroxylation is 1. The van der Waals surface area contributed by atoms with Crippen LogP contribution in [0.2, 0.25) is 0 Å². The summed E-state index contributed by atoms with van der Waals surface area (Å²) in [7, 11) is 0. The first-order valence-electron chi connectivity index (χ1n) is 11.6. The van der Waals surface area contributed by atoms with Crippen LogP contribution in [0, 0.1) is 6.92 Å². The zero-order valence-corrected chi connectivity index (χ0v) is 18.3. The maximum Gasteiger partial charge on any atom is 0.257 e. The Morgan fingerprint density at radius 1 is 1.16 bits per heavy atom. The second-order valence-electron chi connectivity index (χ2n) is 8.68. The Morgan fingerprint density at radius 2 is 2.06 bits per heavy atom. The maximum absolute atomic E-state index is 13.3. The van der Waals surface area contributed by atoms with Crippen LogP contribution in [0.25, 0.3) is 0 Å². The van der Waals surface area contributed by atoms with Crippen molar-refractivity contribution < 1.29 is 9.59 Å². The van der Waals surface area contributed by atoms with Crippen LogP contribution in [-0.4, -0.2) is 29.4 Å². The molecule has 2 N–H and O–H groups in total. The maximum atomic E-state index is 13.3. The highest BCUT2D eigenvalue weighted by Gasteiger charge is 2.30. The van der Waals surface area contributed by atoms with E-state index in [2.05, 4.69) is 15.6 Å². The number of carbonyl (C=O) groups is 2. The fourth-order valence-electron chi connectivity index (χ4n) is 4.56. The summed E-state index contributed by atoms with van der Waals surface area (Å²) in [5.74, 6) is 0.263. The molecule has 2 aromatic rings. The van der Waals surface area contributed by atoms with Crippen molar-refractivity contribution >= 4 is 29.0 Å². The summed E-state index contributed by atoms with van der Waals surface area (Å²) in [6, 6.07) is 9.80. The highest BCUT2D eigenvalue weighted by atomic mass is 16.2. The number of nitrogens with one attached hydrogen (secondary N) is 2. The number of rotatable bonds is 6. The average Bonchev–Trinajstić information content (AvgIpc) is 3.10. The molecule has 2 aliphatic rings. The van der Waals surface area contributed by atoms with Crippen LogP contribution in [0.1, 0.15) is 73.7 Å². The van der Waals surface area contributed by atoms with Crippen LogP contribution in [0.15, 0.2) is 36.5 Å². The number of carbonyl (C=O) groups excluding carboxylic acids is 2. The van der Waals surface area contributed by atoms with Gasteiger partial charge in [-0.15, -0.1) is 0 Å². The summed E-state index contributed by atoms with van der Waals surface area (Å²) in [5, 5.41) is 6.55. The third-order valence-electron chi connectivity index (χ3n) is 6.24. The van der Waals surface area contributed by atoms with Crippen molar-refractivity contribution in [2.75, 3.05) is 16.8 Å². The Bertz CT molecular complexity index is 935. The first kappa shape index (κ1) is 21.5. The van der Waals surface area contributed by atoms with Gasteiger partial charge in [-0.3, -0.25) is 14.5 Å². The van der Waals surface area contributed by atoms with Crippen molar-refractivity contribution in [2.45, 2.75) is 70.8 Å². The summed E-state index contributed by atoms with van der Waals surface area (Å²) < 4.78 is 0. The van der Waals surface area contributed by atoms with Crippen molar-refractivity contribution in [3.8, 4) is 0 Å². The molecule has 0 aliphatic carbocycles. The van der Waals surface area contributed by atoms with E-state index in [1.807, 2.05) is 25.1 Å². The van der Waals surface area contributed by atoms with E-state index in [9.17, 15) is 9.59 Å². The number of unbranched alkanes of at least 4 members (excludes halogenated alkanes) is 2. The largest absolute Gasteiger partial charge is 0.319 e. The molecule has 164 valence electrons. The average molecular weight is 421 g/mol. The SMILES string of the molecule is Cc1ccc2c(c1)C(=O)Nc1cccnc1N2C(=O)CCCCCC1CCCCCN1. The molecule has 1 fully saturated rings. The summed E-state index contributed by atoms with van der Waals surface area (Å²) in [4.78, 5) is 32.1. The number of hydrogen-bond donors (Lipinski definition) is 2. The fraction of sp³-hybridized carbons (Fsp3) is 0.480. The summed E-state index contributed by atoms with van der Waals surface area (Å²) in [6.45, 7) is 3.08. The molecule has 0 radical (unpaired) electrons. The summed E-state index contributed by atoms with van der Waals surface area (Å²) >= 11 is 0. The van der Waals surface area contributed by atoms with E-state index in [1.165, 1.54) is 32.1 Å². The topological polar surface area (TPSA) is 74.3 Å². The molecule has 0 bridgehead atoms. The van der Waals surface area contributed by atoms with Gasteiger partial charge in [0.05, 0.1) is 16.9 Å². The first-order valence-corrected chi connectivity index (χ1v) is 11.6. The van der Waals surface area contributed by atoms with Gasteiger partial charge in [-0.25, -0.2) is 4.98 Å². The quantitative estimate of drug-likeness (QED) is 0.638. The van der Waals surface area contributed by atoms with Gasteiger partial charge in [-0.1, -0.05) is 37.3 Å². The van der Waals surface area contributed by atoms with E-state index in [4.69, 9.17) is 0 Å². The minimum atomic E-state index is -0.209. The van der Waals surface area contributed by atoms with Gasteiger partial charge in [0.15, 0.2) is 5.82 Å². The van der Waals surface area contributed by atoms with Crippen LogP contribution >= 0.6 is 0 Å². The lowest BCUT2D eigenvalue weighted by atomic mass is 10.0. The zero-order valence-electron chi connectivity index (χ0n) is 18.3. The number of aromatic nitrogens is 1. The van der Waals surface area contributed by atoms with E-state index >= 15 is 0 Å². The molecule has 1 aromatic heterocycles. The standard InChI is InChI=1S/C25H32N4O2/c1-18-13-14-22-20(17-18)25(31)28-21-11-8-16-27-24(21)29(22)23(30)12-6-2-4-9-19-10-5-3-7-15-26-19/h8,11,13-14,16-17,19,26H,2-7,9-10,12,15H2,1H3,(H,28,31). The Labute approximate surface area is 184 Å². The van der Waals surface area contributed by atoms with E-state index in [0.29, 0.717) is 35.2 Å². The normalized spacial score (nSPS) is 18.4. The van der Waals surface area contributed by atoms with Crippen LogP contribution < -0.4 is 15.5 Å². The van der Waals surface area contributed by atoms with Crippen molar-refractivity contribution in [1.29, 1.82) is 0 Å². The number of pyridine rings is 1. The van der Waals surface area contributed by atoms with Crippen molar-refractivity contribution in [2.24, 2.45) is 0 Å². The number of anilines is 3. The second-order valence-corrected chi connectivity index (χ2v) is 8.68. The third-order valence-corrected chi connectivity index (χ3v) is 6.24. The molecule has 4 rings (SSSR count). The first-order chi connectivity index (χ1) is 15.1. The molecule has 1 saturated heterocycles. The Kier molecular flexibility index (Phi) is 6.97. The third kappa shape index (κ3) is 5.13. The Morgan fingerprint density at radius 3 is 2.97 bits per heavy atom. The van der Waals surface area contributed by atoms with Crippen LogP contribution in [0.3, 0.4) is 0 Å². The molecule has 2 aliphatic heterocycles. The highest BCUT2D eigenvalue weighted by Crippen LogP contribution is 2.37. The van der Waals surface area contributed by atoms with Crippen molar-refractivity contribution in [1.82, 2.24) is 10.3 Å². The molecule has 2 amide bonds. The number of amides is 2. The minimum absolute atomic E-state index is 0.0193. The van der Waals surface area contributed by atoms with Gasteiger partial charge in [0, 0.05) is 18.7 Å².